The van der Waals surface area contributed by atoms with Crippen LogP contribution in [-0.4, -0.2) is 27.0 Å². The first-order valence-electron chi connectivity index (χ1n) is 8.23. The molecule has 0 aliphatic carbocycles. The molecule has 0 fully saturated rings. The summed E-state index contributed by atoms with van der Waals surface area (Å²) in [6.07, 6.45) is 7.93. The summed E-state index contributed by atoms with van der Waals surface area (Å²) in [6.45, 7) is 10.2. The van der Waals surface area contributed by atoms with Crippen molar-refractivity contribution in [2.45, 2.75) is 69.8 Å². The Bertz CT molecular complexity index is 374. The number of para-hydroxylation sites is 1. The fourth-order valence-electron chi connectivity index (χ4n) is 2.43. The van der Waals surface area contributed by atoms with E-state index in [0.717, 1.165) is 12.4 Å². The maximum absolute atomic E-state index is 6.02. The second-order valence-electron chi connectivity index (χ2n) is 6.96. The molecule has 0 aliphatic rings. The van der Waals surface area contributed by atoms with Crippen LogP contribution in [0.5, 0.6) is 5.75 Å². The highest BCUT2D eigenvalue weighted by Gasteiger charge is 2.18. The summed E-state index contributed by atoms with van der Waals surface area (Å²) in [5.74, 6) is 1.14. The standard InChI is InChI=1S/C14H21O.C4H9.BrH.Mg/c1-2-3-4-5-6-10-13-15-14-11-8-7-9-12-14;1-4(2)3;;/h7-9,11H,2-6,10,13H2,1H3;1-3H3;1H;. The molecule has 1 aromatic rings. The van der Waals surface area contributed by atoms with Gasteiger partial charge in [0.05, 0.1) is 12.4 Å². The van der Waals surface area contributed by atoms with Gasteiger partial charge in [0.15, 0.2) is 0 Å². The highest BCUT2D eigenvalue weighted by molar-refractivity contribution is 8.93. The molecule has 0 aliphatic heterocycles. The third-order valence-corrected chi connectivity index (χ3v) is 5.47. The molecule has 21 heavy (non-hydrogen) atoms. The molecule has 0 aromatic heterocycles. The van der Waals surface area contributed by atoms with Gasteiger partial charge in [-0.25, -0.2) is 0 Å². The Labute approximate surface area is 151 Å². The second kappa shape index (κ2) is 11.8. The summed E-state index contributed by atoms with van der Waals surface area (Å²) in [5.41, 5.74) is 0. The number of ether oxygens (including phenoxy) is 1. The lowest BCUT2D eigenvalue weighted by Gasteiger charge is -2.19. The van der Waals surface area contributed by atoms with E-state index in [1.165, 1.54) is 42.2 Å². The molecule has 0 heterocycles. The van der Waals surface area contributed by atoms with Crippen LogP contribution in [0.2, 0.25) is 3.54 Å². The van der Waals surface area contributed by atoms with E-state index < -0.39 is 0 Å². The van der Waals surface area contributed by atoms with Crippen molar-refractivity contribution in [1.29, 1.82) is 0 Å². The highest BCUT2D eigenvalue weighted by atomic mass is 79.9. The van der Waals surface area contributed by atoms with Gasteiger partial charge in [-0.15, -0.1) is 24.2 Å². The molecular formula is C18H31BrMgO. The molecule has 1 aromatic carbocycles. The Morgan fingerprint density at radius 2 is 1.57 bits per heavy atom. The van der Waals surface area contributed by atoms with Crippen molar-refractivity contribution in [2.24, 2.45) is 0 Å². The Hall–Kier alpha value is 0.266. The predicted octanol–water partition coefficient (Wildman–Crippen LogP) is 5.55. The Morgan fingerprint density at radius 3 is 2.24 bits per heavy atom. The quantitative estimate of drug-likeness (QED) is 0.410. The fourth-order valence-corrected chi connectivity index (χ4v) is 4.22. The summed E-state index contributed by atoms with van der Waals surface area (Å²) in [7, 11) is 0. The molecule has 0 bridgehead atoms. The van der Waals surface area contributed by atoms with E-state index in [2.05, 4.69) is 52.0 Å². The topological polar surface area (TPSA) is 9.23 Å². The van der Waals surface area contributed by atoms with Crippen LogP contribution in [0, 0.1) is 0 Å². The molecule has 0 saturated carbocycles. The van der Waals surface area contributed by atoms with E-state index in [1.807, 2.05) is 0 Å². The van der Waals surface area contributed by atoms with Gasteiger partial charge in [0.25, 0.3) is 0 Å². The second-order valence-corrected chi connectivity index (χ2v) is 10.2. The van der Waals surface area contributed by atoms with Crippen LogP contribution in [0.15, 0.2) is 24.3 Å². The number of rotatable bonds is 9. The average molecular weight is 368 g/mol. The van der Waals surface area contributed by atoms with Gasteiger partial charge >= 0.3 is 20.4 Å². The van der Waals surface area contributed by atoms with Gasteiger partial charge in [-0.2, -0.15) is 0 Å². The summed E-state index contributed by atoms with van der Waals surface area (Å²) in [4.78, 5) is 0. The molecule has 1 rings (SSSR count). The maximum atomic E-state index is 6.02. The molecule has 118 valence electrons. The Balaban J connectivity index is 0.00000400. The predicted molar refractivity (Wildman–Crippen MR) is 101 cm³/mol. The monoisotopic (exact) mass is 366 g/mol. The molecule has 0 amide bonds. The van der Waals surface area contributed by atoms with Crippen LogP contribution in [0.1, 0.15) is 66.2 Å². The number of unbranched alkanes of at least 4 members (excludes halogenated alkanes) is 5. The minimum atomic E-state index is -0.278. The van der Waals surface area contributed by atoms with Crippen LogP contribution < -0.4 is 8.43 Å². The van der Waals surface area contributed by atoms with Gasteiger partial charge in [-0.1, -0.05) is 78.0 Å². The van der Waals surface area contributed by atoms with E-state index in [9.17, 15) is 0 Å². The van der Waals surface area contributed by atoms with Crippen LogP contribution in [0.25, 0.3) is 0 Å². The van der Waals surface area contributed by atoms with Crippen molar-refractivity contribution in [3.8, 4) is 5.75 Å². The van der Waals surface area contributed by atoms with Crippen LogP contribution in [-0.2, 0) is 0 Å². The van der Waals surface area contributed by atoms with Crippen LogP contribution >= 0.6 is 17.0 Å². The number of hydrogen-bond donors (Lipinski definition) is 0. The minimum Gasteiger partial charge on any atom is -0.496 e. The van der Waals surface area contributed by atoms with E-state index in [0.29, 0.717) is 3.54 Å². The molecule has 0 radical (unpaired) electrons. The zero-order valence-corrected chi connectivity index (χ0v) is 17.4. The molecular weight excluding hydrogens is 336 g/mol. The summed E-state index contributed by atoms with van der Waals surface area (Å²) >= 11 is -0.278. The lowest BCUT2D eigenvalue weighted by molar-refractivity contribution is 0.306. The van der Waals surface area contributed by atoms with E-state index in [1.54, 1.807) is 0 Å². The maximum Gasteiger partial charge on any atom is 0.421 e. The van der Waals surface area contributed by atoms with E-state index in [-0.39, 0.29) is 37.3 Å². The van der Waals surface area contributed by atoms with Gasteiger partial charge in [-0.05, 0) is 12.5 Å². The summed E-state index contributed by atoms with van der Waals surface area (Å²) in [5, 5.41) is 0. The smallest absolute Gasteiger partial charge is 0.421 e. The first kappa shape index (κ1) is 21.3. The largest absolute Gasteiger partial charge is 0.496 e. The van der Waals surface area contributed by atoms with Crippen molar-refractivity contribution < 1.29 is 4.74 Å². The molecule has 0 atom stereocenters. The van der Waals surface area contributed by atoms with Gasteiger partial charge < -0.3 is 4.74 Å². The van der Waals surface area contributed by atoms with Crippen molar-refractivity contribution >= 4 is 41.0 Å². The molecule has 3 heteroatoms. The molecule has 0 N–H and O–H groups in total. The lowest BCUT2D eigenvalue weighted by Crippen LogP contribution is -2.25. The SMILES string of the molecule is Br.CCCCCCCCOc1cccc[c]1[Mg][C](C)(C)C. The lowest BCUT2D eigenvalue weighted by atomic mass is 10.1. The Morgan fingerprint density at radius 1 is 0.952 bits per heavy atom. The molecule has 0 spiro atoms. The van der Waals surface area contributed by atoms with Crippen molar-refractivity contribution in [1.82, 2.24) is 0 Å². The molecule has 1 nitrogen and oxygen atoms in total. The minimum absolute atomic E-state index is 0. The summed E-state index contributed by atoms with van der Waals surface area (Å²) in [6, 6.07) is 8.64. The molecule has 0 saturated heterocycles. The first-order valence-corrected chi connectivity index (χ1v) is 9.65. The van der Waals surface area contributed by atoms with Crippen molar-refractivity contribution in [2.75, 3.05) is 6.61 Å². The zero-order valence-electron chi connectivity index (χ0n) is 14.3. The Kier molecular flexibility index (Phi) is 11.9. The third kappa shape index (κ3) is 10.6. The van der Waals surface area contributed by atoms with Crippen LogP contribution in [0.4, 0.5) is 0 Å². The summed E-state index contributed by atoms with van der Waals surface area (Å²) < 4.78 is 7.95. The van der Waals surface area contributed by atoms with Gasteiger partial charge in [0.1, 0.15) is 0 Å². The van der Waals surface area contributed by atoms with Gasteiger partial charge in [0.2, 0.25) is 0 Å². The van der Waals surface area contributed by atoms with Crippen molar-refractivity contribution in [3.05, 3.63) is 24.3 Å². The average Bonchev–Trinajstić information content (AvgIpc) is 2.38. The van der Waals surface area contributed by atoms with Crippen molar-refractivity contribution in [3.63, 3.8) is 0 Å². The normalized spacial score (nSPS) is 10.7. The number of benzene rings is 1. The van der Waals surface area contributed by atoms with Crippen LogP contribution in [0.3, 0.4) is 0 Å². The number of hydrogen-bond acceptors (Lipinski definition) is 1. The fraction of sp³-hybridized carbons (Fsp3) is 0.667. The zero-order chi connectivity index (χ0) is 14.8. The van der Waals surface area contributed by atoms with Gasteiger partial charge in [-0.3, -0.25) is 0 Å². The van der Waals surface area contributed by atoms with E-state index in [4.69, 9.17) is 4.74 Å². The first-order chi connectivity index (χ1) is 9.53. The number of halogens is 1. The third-order valence-electron chi connectivity index (χ3n) is 3.45. The molecule has 0 unspecified atom stereocenters. The van der Waals surface area contributed by atoms with E-state index >= 15 is 0 Å². The highest BCUT2D eigenvalue weighted by Crippen LogP contribution is 2.21. The van der Waals surface area contributed by atoms with Gasteiger partial charge in [0, 0.05) is 0 Å².